The molecule has 0 spiro atoms. The Bertz CT molecular complexity index is 921. The number of hydroxylamine groups is 1. The van der Waals surface area contributed by atoms with Crippen molar-refractivity contribution in [3.63, 3.8) is 0 Å². The van der Waals surface area contributed by atoms with Gasteiger partial charge in [0.1, 0.15) is 6.04 Å². The van der Waals surface area contributed by atoms with E-state index in [0.29, 0.717) is 16.9 Å². The first kappa shape index (κ1) is 19.7. The first-order valence-electron chi connectivity index (χ1n) is 7.85. The number of hydrogen-bond donors (Lipinski definition) is 4. The van der Waals surface area contributed by atoms with Crippen LogP contribution >= 0.6 is 0 Å². The van der Waals surface area contributed by atoms with E-state index in [2.05, 4.69) is 34.0 Å². The molecule has 8 heteroatoms. The number of carbonyl (C=O) groups is 2. The Balaban J connectivity index is 2.06. The fraction of sp³-hybridized carbons (Fsp3) is 0.211. The quantitative estimate of drug-likeness (QED) is 0.352. The number of carbonyl (C=O) groups excluding carboxylic acids is 2. The monoisotopic (exact) mass is 366 g/mol. The van der Waals surface area contributed by atoms with Crippen LogP contribution in [-0.4, -0.2) is 33.6 Å². The summed E-state index contributed by atoms with van der Waals surface area (Å²) in [6, 6.07) is 5.29. The lowest BCUT2D eigenvalue weighted by Crippen LogP contribution is -2.61. The number of nitrogens with zero attached hydrogens (tertiary/aromatic N) is 1. The Kier molecular flexibility index (Phi) is 6.34. The minimum absolute atomic E-state index is 0.313. The summed E-state index contributed by atoms with van der Waals surface area (Å²) >= 11 is 0. The zero-order valence-corrected chi connectivity index (χ0v) is 14.7. The summed E-state index contributed by atoms with van der Waals surface area (Å²) in [5, 5.41) is 11.3. The fourth-order valence-corrected chi connectivity index (χ4v) is 2.05. The maximum Gasteiger partial charge on any atom is 0.267 e. The first-order chi connectivity index (χ1) is 12.8. The molecule has 27 heavy (non-hydrogen) atoms. The number of hydrogen-bond acceptors (Lipinski definition) is 6. The highest BCUT2D eigenvalue weighted by molar-refractivity contribution is 5.97. The van der Waals surface area contributed by atoms with Gasteiger partial charge in [0.05, 0.1) is 6.20 Å². The van der Waals surface area contributed by atoms with Crippen LogP contribution in [0.15, 0.2) is 41.3 Å². The highest BCUT2D eigenvalue weighted by Gasteiger charge is 2.33. The van der Waals surface area contributed by atoms with Gasteiger partial charge < -0.3 is 15.5 Å². The lowest BCUT2D eigenvalue weighted by molar-refractivity contribution is -0.132. The summed E-state index contributed by atoms with van der Waals surface area (Å²) in [4.78, 5) is 27.8. The SMILES string of the molecule is CC(C)(N)[C@H](NC(=O)c1ccc(C#CC#Cc2cnco2)cc1)C(=O)NO. The Hall–Kier alpha value is -3.59. The number of rotatable bonds is 4. The van der Waals surface area contributed by atoms with E-state index in [1.54, 1.807) is 38.1 Å². The van der Waals surface area contributed by atoms with Crippen LogP contribution in [0.25, 0.3) is 0 Å². The van der Waals surface area contributed by atoms with Crippen LogP contribution in [0.2, 0.25) is 0 Å². The standard InChI is InChI=1S/C19H18N4O4/c1-19(2,20)16(18(25)23-26)22-17(24)14-9-7-13(8-10-14)5-3-4-6-15-11-21-12-27-15/h7-12,16,26H,20H2,1-2H3,(H,22,24)(H,23,25)/t16-/m1/s1. The maximum absolute atomic E-state index is 12.3. The fourth-order valence-electron chi connectivity index (χ4n) is 2.05. The van der Waals surface area contributed by atoms with Crippen LogP contribution in [0.4, 0.5) is 0 Å². The highest BCUT2D eigenvalue weighted by atomic mass is 16.5. The molecule has 0 unspecified atom stereocenters. The average Bonchev–Trinajstić information content (AvgIpc) is 3.15. The van der Waals surface area contributed by atoms with Crippen molar-refractivity contribution < 1.29 is 19.2 Å². The van der Waals surface area contributed by atoms with Gasteiger partial charge in [0.25, 0.3) is 11.8 Å². The van der Waals surface area contributed by atoms with Crippen molar-refractivity contribution in [2.45, 2.75) is 25.4 Å². The minimum atomic E-state index is -1.11. The van der Waals surface area contributed by atoms with Gasteiger partial charge in [-0.25, -0.2) is 10.5 Å². The van der Waals surface area contributed by atoms with E-state index < -0.39 is 23.4 Å². The lowest BCUT2D eigenvalue weighted by Gasteiger charge is -2.29. The van der Waals surface area contributed by atoms with Gasteiger partial charge in [-0.1, -0.05) is 5.92 Å². The van der Waals surface area contributed by atoms with Gasteiger partial charge in [-0.3, -0.25) is 14.8 Å². The van der Waals surface area contributed by atoms with E-state index in [1.165, 1.54) is 18.1 Å². The van der Waals surface area contributed by atoms with Crippen molar-refractivity contribution >= 4 is 11.8 Å². The van der Waals surface area contributed by atoms with Crippen LogP contribution in [0.5, 0.6) is 0 Å². The highest BCUT2D eigenvalue weighted by Crippen LogP contribution is 2.09. The van der Waals surface area contributed by atoms with Crippen LogP contribution in [-0.2, 0) is 4.79 Å². The molecule has 1 atom stereocenters. The third-order valence-corrected chi connectivity index (χ3v) is 3.43. The molecule has 138 valence electrons. The Labute approximate surface area is 156 Å². The average molecular weight is 366 g/mol. The molecule has 2 aromatic rings. The number of amides is 2. The minimum Gasteiger partial charge on any atom is -0.435 e. The van der Waals surface area contributed by atoms with Gasteiger partial charge in [0, 0.05) is 16.7 Å². The summed E-state index contributed by atoms with van der Waals surface area (Å²) in [6.07, 6.45) is 2.76. The molecule has 0 saturated carbocycles. The molecule has 0 radical (unpaired) electrons. The van der Waals surface area contributed by atoms with Crippen LogP contribution in [0.1, 0.15) is 35.5 Å². The number of nitrogens with two attached hydrogens (primary N) is 1. The molecule has 0 aliphatic rings. The van der Waals surface area contributed by atoms with Gasteiger partial charge in [0.15, 0.2) is 12.2 Å². The molecule has 2 amide bonds. The molecular formula is C19H18N4O4. The molecule has 8 nitrogen and oxygen atoms in total. The zero-order valence-electron chi connectivity index (χ0n) is 14.7. The van der Waals surface area contributed by atoms with E-state index >= 15 is 0 Å². The van der Waals surface area contributed by atoms with Gasteiger partial charge in [-0.15, -0.1) is 0 Å². The molecule has 0 aliphatic heterocycles. The molecule has 0 saturated heterocycles. The van der Waals surface area contributed by atoms with E-state index in [0.717, 1.165) is 0 Å². The Morgan fingerprint density at radius 2 is 1.89 bits per heavy atom. The van der Waals surface area contributed by atoms with Gasteiger partial charge in [-0.2, -0.15) is 0 Å². The molecule has 2 rings (SSSR count). The normalized spacial score (nSPS) is 11.3. The summed E-state index contributed by atoms with van der Waals surface area (Å²) in [5.74, 6) is 9.92. The second kappa shape index (κ2) is 8.68. The van der Waals surface area contributed by atoms with E-state index in [1.807, 2.05) is 0 Å². The smallest absolute Gasteiger partial charge is 0.267 e. The number of aromatic nitrogens is 1. The summed E-state index contributed by atoms with van der Waals surface area (Å²) in [6.45, 7) is 3.12. The van der Waals surface area contributed by atoms with Crippen molar-refractivity contribution in [3.05, 3.63) is 53.7 Å². The molecule has 1 heterocycles. The van der Waals surface area contributed by atoms with Gasteiger partial charge >= 0.3 is 0 Å². The second-order valence-electron chi connectivity index (χ2n) is 6.15. The van der Waals surface area contributed by atoms with Crippen molar-refractivity contribution in [2.75, 3.05) is 0 Å². The summed E-state index contributed by atoms with van der Waals surface area (Å²) in [7, 11) is 0. The summed E-state index contributed by atoms with van der Waals surface area (Å²) in [5.41, 5.74) is 7.28. The molecule has 1 aromatic carbocycles. The van der Waals surface area contributed by atoms with Crippen molar-refractivity contribution in [2.24, 2.45) is 5.73 Å². The maximum atomic E-state index is 12.3. The van der Waals surface area contributed by atoms with Gasteiger partial charge in [0.2, 0.25) is 0 Å². The van der Waals surface area contributed by atoms with E-state index in [-0.39, 0.29) is 0 Å². The molecular weight excluding hydrogens is 348 g/mol. The predicted molar refractivity (Wildman–Crippen MR) is 96.2 cm³/mol. The number of oxazole rings is 1. The van der Waals surface area contributed by atoms with E-state index in [9.17, 15) is 9.59 Å². The van der Waals surface area contributed by atoms with Crippen molar-refractivity contribution in [1.82, 2.24) is 15.8 Å². The molecule has 0 fully saturated rings. The van der Waals surface area contributed by atoms with Crippen LogP contribution in [0, 0.1) is 23.7 Å². The summed E-state index contributed by atoms with van der Waals surface area (Å²) < 4.78 is 4.96. The molecule has 0 bridgehead atoms. The van der Waals surface area contributed by atoms with Crippen molar-refractivity contribution in [1.29, 1.82) is 0 Å². The van der Waals surface area contributed by atoms with Crippen LogP contribution in [0.3, 0.4) is 0 Å². The topological polar surface area (TPSA) is 130 Å². The predicted octanol–water partition coefficient (Wildman–Crippen LogP) is 0.419. The molecule has 5 N–H and O–H groups in total. The van der Waals surface area contributed by atoms with Crippen LogP contribution < -0.4 is 16.5 Å². The first-order valence-corrected chi connectivity index (χ1v) is 7.85. The Morgan fingerprint density at radius 1 is 1.22 bits per heavy atom. The number of nitrogens with one attached hydrogen (secondary N) is 2. The lowest BCUT2D eigenvalue weighted by atomic mass is 9.95. The largest absolute Gasteiger partial charge is 0.435 e. The zero-order chi connectivity index (χ0) is 19.9. The van der Waals surface area contributed by atoms with Gasteiger partial charge in [-0.05, 0) is 55.9 Å². The molecule has 0 aliphatic carbocycles. The third-order valence-electron chi connectivity index (χ3n) is 3.43. The van der Waals surface area contributed by atoms with Crippen molar-refractivity contribution in [3.8, 4) is 23.7 Å². The second-order valence-corrected chi connectivity index (χ2v) is 6.15. The molecule has 1 aromatic heterocycles. The Morgan fingerprint density at radius 3 is 2.44 bits per heavy atom. The third kappa shape index (κ3) is 5.72. The number of benzene rings is 1. The van der Waals surface area contributed by atoms with E-state index in [4.69, 9.17) is 15.4 Å².